The Balaban J connectivity index is 2.33. The van der Waals surface area contributed by atoms with E-state index >= 15 is 0 Å². The van der Waals surface area contributed by atoms with E-state index in [4.69, 9.17) is 14.6 Å². The summed E-state index contributed by atoms with van der Waals surface area (Å²) in [5.41, 5.74) is 0. The minimum Gasteiger partial charge on any atom is -0.497 e. The van der Waals surface area contributed by atoms with Crippen LogP contribution in [0.1, 0.15) is 12.8 Å². The summed E-state index contributed by atoms with van der Waals surface area (Å²) < 4.78 is 10.4. The zero-order chi connectivity index (χ0) is 11.1. The summed E-state index contributed by atoms with van der Waals surface area (Å²) in [7, 11) is 1.59. The quantitative estimate of drug-likeness (QED) is 0.729. The molecular weight excluding hydrogens is 196 g/mol. The average Bonchev–Trinajstić information content (AvgIpc) is 2.24. The van der Waals surface area contributed by atoms with Gasteiger partial charge in [-0.1, -0.05) is 6.07 Å². The van der Waals surface area contributed by atoms with Crippen molar-refractivity contribution in [3.05, 3.63) is 24.3 Å². The number of hydrogen-bond donors (Lipinski definition) is 1. The van der Waals surface area contributed by atoms with Crippen molar-refractivity contribution in [2.45, 2.75) is 12.8 Å². The summed E-state index contributed by atoms with van der Waals surface area (Å²) in [5, 5.41) is 8.42. The summed E-state index contributed by atoms with van der Waals surface area (Å²) in [6.45, 7) is 0.402. The highest BCUT2D eigenvalue weighted by Crippen LogP contribution is 2.18. The summed E-state index contributed by atoms with van der Waals surface area (Å²) in [5.74, 6) is 0.620. The SMILES string of the molecule is COc1cccc(OCCCC(=O)O)c1. The molecule has 0 aromatic heterocycles. The normalized spacial score (nSPS) is 9.67. The van der Waals surface area contributed by atoms with Gasteiger partial charge in [-0.25, -0.2) is 0 Å². The van der Waals surface area contributed by atoms with E-state index in [-0.39, 0.29) is 6.42 Å². The van der Waals surface area contributed by atoms with Crippen LogP contribution in [-0.2, 0) is 4.79 Å². The standard InChI is InChI=1S/C11H14O4/c1-14-9-4-2-5-10(8-9)15-7-3-6-11(12)13/h2,4-5,8H,3,6-7H2,1H3,(H,12,13). The summed E-state index contributed by atoms with van der Waals surface area (Å²) in [6.07, 6.45) is 0.635. The molecule has 1 N–H and O–H groups in total. The fourth-order valence-corrected chi connectivity index (χ4v) is 1.10. The van der Waals surface area contributed by atoms with E-state index in [0.29, 0.717) is 18.8 Å². The van der Waals surface area contributed by atoms with Crippen LogP contribution in [-0.4, -0.2) is 24.8 Å². The topological polar surface area (TPSA) is 55.8 Å². The molecule has 0 radical (unpaired) electrons. The van der Waals surface area contributed by atoms with Gasteiger partial charge >= 0.3 is 5.97 Å². The molecule has 0 fully saturated rings. The van der Waals surface area contributed by atoms with E-state index < -0.39 is 5.97 Å². The molecule has 4 nitrogen and oxygen atoms in total. The largest absolute Gasteiger partial charge is 0.497 e. The molecule has 0 bridgehead atoms. The van der Waals surface area contributed by atoms with Gasteiger partial charge in [-0.15, -0.1) is 0 Å². The smallest absolute Gasteiger partial charge is 0.303 e. The fraction of sp³-hybridized carbons (Fsp3) is 0.364. The lowest BCUT2D eigenvalue weighted by Gasteiger charge is -2.06. The van der Waals surface area contributed by atoms with Gasteiger partial charge in [-0.3, -0.25) is 4.79 Å². The lowest BCUT2D eigenvalue weighted by molar-refractivity contribution is -0.137. The molecule has 82 valence electrons. The van der Waals surface area contributed by atoms with Crippen molar-refractivity contribution in [3.63, 3.8) is 0 Å². The maximum atomic E-state index is 10.2. The number of hydrogen-bond acceptors (Lipinski definition) is 3. The van der Waals surface area contributed by atoms with Gasteiger partial charge in [-0.2, -0.15) is 0 Å². The monoisotopic (exact) mass is 210 g/mol. The van der Waals surface area contributed by atoms with Crippen molar-refractivity contribution < 1.29 is 19.4 Å². The van der Waals surface area contributed by atoms with Crippen LogP contribution >= 0.6 is 0 Å². The predicted octanol–water partition coefficient (Wildman–Crippen LogP) is 1.94. The van der Waals surface area contributed by atoms with Crippen molar-refractivity contribution in [2.75, 3.05) is 13.7 Å². The highest BCUT2D eigenvalue weighted by molar-refractivity contribution is 5.66. The first-order chi connectivity index (χ1) is 7.22. The molecule has 1 aromatic carbocycles. The van der Waals surface area contributed by atoms with Crippen LogP contribution in [0.3, 0.4) is 0 Å². The highest BCUT2D eigenvalue weighted by Gasteiger charge is 1.99. The number of aliphatic carboxylic acids is 1. The molecular formula is C11H14O4. The van der Waals surface area contributed by atoms with Gasteiger partial charge in [0.1, 0.15) is 11.5 Å². The molecule has 0 amide bonds. The van der Waals surface area contributed by atoms with Crippen LogP contribution < -0.4 is 9.47 Å². The van der Waals surface area contributed by atoms with E-state index in [9.17, 15) is 4.79 Å². The number of carboxylic acid groups (broad SMARTS) is 1. The molecule has 15 heavy (non-hydrogen) atoms. The Morgan fingerprint density at radius 2 is 2.13 bits per heavy atom. The minimum absolute atomic E-state index is 0.129. The summed E-state index contributed by atoms with van der Waals surface area (Å²) >= 11 is 0. The summed E-state index contributed by atoms with van der Waals surface area (Å²) in [6, 6.07) is 7.22. The van der Waals surface area contributed by atoms with Gasteiger partial charge in [0, 0.05) is 12.5 Å². The van der Waals surface area contributed by atoms with E-state index in [1.165, 1.54) is 0 Å². The third kappa shape index (κ3) is 4.35. The molecule has 0 atom stereocenters. The van der Waals surface area contributed by atoms with E-state index in [1.54, 1.807) is 13.2 Å². The predicted molar refractivity (Wildman–Crippen MR) is 55.4 cm³/mol. The molecule has 1 rings (SSSR count). The average molecular weight is 210 g/mol. The second-order valence-corrected chi connectivity index (χ2v) is 3.02. The first-order valence-electron chi connectivity index (χ1n) is 4.71. The Morgan fingerprint density at radius 3 is 2.80 bits per heavy atom. The van der Waals surface area contributed by atoms with E-state index in [1.807, 2.05) is 18.2 Å². The van der Waals surface area contributed by atoms with Gasteiger partial charge in [0.25, 0.3) is 0 Å². The van der Waals surface area contributed by atoms with Crippen molar-refractivity contribution >= 4 is 5.97 Å². The van der Waals surface area contributed by atoms with Gasteiger partial charge in [0.2, 0.25) is 0 Å². The molecule has 0 spiro atoms. The third-order valence-corrected chi connectivity index (χ3v) is 1.84. The Kier molecular flexibility index (Phi) is 4.47. The molecule has 4 heteroatoms. The van der Waals surface area contributed by atoms with Gasteiger partial charge in [-0.05, 0) is 18.6 Å². The minimum atomic E-state index is -0.802. The van der Waals surface area contributed by atoms with Crippen molar-refractivity contribution in [3.8, 4) is 11.5 Å². The van der Waals surface area contributed by atoms with E-state index in [2.05, 4.69) is 0 Å². The maximum absolute atomic E-state index is 10.2. The number of ether oxygens (including phenoxy) is 2. The number of rotatable bonds is 6. The first kappa shape index (κ1) is 11.4. The number of methoxy groups -OCH3 is 1. The Hall–Kier alpha value is -1.71. The Bertz CT molecular complexity index is 322. The fourth-order valence-electron chi connectivity index (χ4n) is 1.10. The highest BCUT2D eigenvalue weighted by atomic mass is 16.5. The lowest BCUT2D eigenvalue weighted by Crippen LogP contribution is -2.02. The zero-order valence-corrected chi connectivity index (χ0v) is 8.60. The molecule has 0 aliphatic rings. The molecule has 0 aliphatic heterocycles. The molecule has 0 unspecified atom stereocenters. The molecule has 0 aliphatic carbocycles. The number of carbonyl (C=O) groups is 1. The van der Waals surface area contributed by atoms with Crippen LogP contribution in [0.4, 0.5) is 0 Å². The van der Waals surface area contributed by atoms with E-state index in [0.717, 1.165) is 5.75 Å². The maximum Gasteiger partial charge on any atom is 0.303 e. The van der Waals surface area contributed by atoms with Crippen molar-refractivity contribution in [1.82, 2.24) is 0 Å². The molecule has 1 aromatic rings. The summed E-state index contributed by atoms with van der Waals surface area (Å²) in [4.78, 5) is 10.2. The van der Waals surface area contributed by atoms with Crippen LogP contribution in [0, 0.1) is 0 Å². The second kappa shape index (κ2) is 5.90. The van der Waals surface area contributed by atoms with Crippen molar-refractivity contribution in [2.24, 2.45) is 0 Å². The lowest BCUT2D eigenvalue weighted by atomic mass is 10.3. The molecule has 0 heterocycles. The first-order valence-corrected chi connectivity index (χ1v) is 4.71. The van der Waals surface area contributed by atoms with Crippen LogP contribution in [0.25, 0.3) is 0 Å². The van der Waals surface area contributed by atoms with Crippen LogP contribution in [0.2, 0.25) is 0 Å². The number of benzene rings is 1. The molecule has 0 saturated heterocycles. The Labute approximate surface area is 88.4 Å². The third-order valence-electron chi connectivity index (χ3n) is 1.84. The van der Waals surface area contributed by atoms with Gasteiger partial charge in [0.05, 0.1) is 13.7 Å². The molecule has 0 saturated carbocycles. The number of carboxylic acids is 1. The second-order valence-electron chi connectivity index (χ2n) is 3.02. The van der Waals surface area contributed by atoms with Gasteiger partial charge in [0.15, 0.2) is 0 Å². The van der Waals surface area contributed by atoms with Crippen LogP contribution in [0.15, 0.2) is 24.3 Å². The zero-order valence-electron chi connectivity index (χ0n) is 8.60. The van der Waals surface area contributed by atoms with Gasteiger partial charge < -0.3 is 14.6 Å². The van der Waals surface area contributed by atoms with Crippen molar-refractivity contribution in [1.29, 1.82) is 0 Å². The Morgan fingerprint density at radius 1 is 1.40 bits per heavy atom. The van der Waals surface area contributed by atoms with Crippen LogP contribution in [0.5, 0.6) is 11.5 Å².